The molecule has 1 atom stereocenters. The van der Waals surface area contributed by atoms with Gasteiger partial charge >= 0.3 is 0 Å². The summed E-state index contributed by atoms with van der Waals surface area (Å²) in [6, 6.07) is 21.6. The largest absolute Gasteiger partial charge is 0.454 e. The fourth-order valence-corrected chi connectivity index (χ4v) is 5.83. The molecular formula is C32H39N3O6S. The maximum atomic E-state index is 13.9. The molecule has 4 rings (SSSR count). The van der Waals surface area contributed by atoms with E-state index in [2.05, 4.69) is 5.32 Å². The summed E-state index contributed by atoms with van der Waals surface area (Å²) in [6.45, 7) is 6.19. The van der Waals surface area contributed by atoms with Crippen LogP contribution in [0.25, 0.3) is 0 Å². The summed E-state index contributed by atoms with van der Waals surface area (Å²) < 4.78 is 37.5. The standard InChI is InChI=1S/C32H39N3O6S/c1-23(2)33-32(37)28(19-25-9-6-5-7-10-25)34(21-26-14-12-24(3)13-15-26)31(36)11-8-18-35(42(4,38)39)27-16-17-29-30(20-27)41-22-40-29/h5-7,9-10,12-17,20,23,28H,8,11,18-19,21-22H2,1-4H3,(H,33,37). The summed E-state index contributed by atoms with van der Waals surface area (Å²) >= 11 is 0. The summed E-state index contributed by atoms with van der Waals surface area (Å²) in [5.41, 5.74) is 3.38. The van der Waals surface area contributed by atoms with Gasteiger partial charge in [-0.25, -0.2) is 8.42 Å². The zero-order valence-corrected chi connectivity index (χ0v) is 25.4. The molecule has 10 heteroatoms. The van der Waals surface area contributed by atoms with Gasteiger partial charge in [0.05, 0.1) is 11.9 Å². The number of hydrogen-bond donors (Lipinski definition) is 1. The molecule has 0 radical (unpaired) electrons. The van der Waals surface area contributed by atoms with Gasteiger partial charge in [-0.15, -0.1) is 0 Å². The number of sulfonamides is 1. The molecule has 0 saturated carbocycles. The number of carbonyl (C=O) groups is 2. The van der Waals surface area contributed by atoms with Crippen LogP contribution >= 0.6 is 0 Å². The van der Waals surface area contributed by atoms with Crippen molar-refractivity contribution in [3.05, 3.63) is 89.5 Å². The van der Waals surface area contributed by atoms with E-state index in [1.165, 1.54) is 4.31 Å². The third-order valence-electron chi connectivity index (χ3n) is 6.97. The molecular weight excluding hydrogens is 554 g/mol. The first-order valence-corrected chi connectivity index (χ1v) is 15.9. The van der Waals surface area contributed by atoms with Gasteiger partial charge in [-0.3, -0.25) is 13.9 Å². The zero-order chi connectivity index (χ0) is 30.3. The van der Waals surface area contributed by atoms with E-state index in [0.717, 1.165) is 22.9 Å². The van der Waals surface area contributed by atoms with Crippen molar-refractivity contribution < 1.29 is 27.5 Å². The number of benzene rings is 3. The lowest BCUT2D eigenvalue weighted by molar-refractivity contribution is -0.141. The second kappa shape index (κ2) is 13.7. The van der Waals surface area contributed by atoms with Crippen LogP contribution < -0.4 is 19.1 Å². The highest BCUT2D eigenvalue weighted by atomic mass is 32.2. The van der Waals surface area contributed by atoms with Crippen molar-refractivity contribution in [2.75, 3.05) is 23.9 Å². The maximum Gasteiger partial charge on any atom is 0.243 e. The van der Waals surface area contributed by atoms with Crippen LogP contribution in [0.1, 0.15) is 43.4 Å². The topological polar surface area (TPSA) is 105 Å². The van der Waals surface area contributed by atoms with Gasteiger partial charge in [-0.05, 0) is 50.5 Å². The predicted octanol–water partition coefficient (Wildman–Crippen LogP) is 4.43. The lowest BCUT2D eigenvalue weighted by atomic mass is 10.0. The average Bonchev–Trinajstić information content (AvgIpc) is 3.41. The summed E-state index contributed by atoms with van der Waals surface area (Å²) in [7, 11) is -3.64. The predicted molar refractivity (Wildman–Crippen MR) is 163 cm³/mol. The molecule has 3 aromatic rings. The molecule has 0 spiro atoms. The highest BCUT2D eigenvalue weighted by Gasteiger charge is 2.31. The normalized spacial score (nSPS) is 13.1. The van der Waals surface area contributed by atoms with Gasteiger partial charge in [0.2, 0.25) is 28.6 Å². The molecule has 1 aliphatic rings. The van der Waals surface area contributed by atoms with Gasteiger partial charge < -0.3 is 19.7 Å². The number of carbonyl (C=O) groups excluding carboxylic acids is 2. The van der Waals surface area contributed by atoms with Gasteiger partial charge in [0, 0.05) is 38.0 Å². The van der Waals surface area contributed by atoms with E-state index in [1.807, 2.05) is 75.4 Å². The lowest BCUT2D eigenvalue weighted by Gasteiger charge is -2.32. The van der Waals surface area contributed by atoms with Crippen LogP contribution in [0.5, 0.6) is 11.5 Å². The van der Waals surface area contributed by atoms with E-state index in [0.29, 0.717) is 23.6 Å². The molecule has 9 nitrogen and oxygen atoms in total. The first kappa shape index (κ1) is 30.9. The molecule has 1 unspecified atom stereocenters. The Morgan fingerprint density at radius 1 is 0.929 bits per heavy atom. The lowest BCUT2D eigenvalue weighted by Crippen LogP contribution is -2.51. The van der Waals surface area contributed by atoms with Crippen molar-refractivity contribution in [3.8, 4) is 11.5 Å². The van der Waals surface area contributed by atoms with Crippen molar-refractivity contribution in [2.45, 2.75) is 58.7 Å². The molecule has 224 valence electrons. The van der Waals surface area contributed by atoms with Crippen molar-refractivity contribution in [1.29, 1.82) is 0 Å². The minimum absolute atomic E-state index is 0.0582. The first-order valence-electron chi connectivity index (χ1n) is 14.1. The number of aryl methyl sites for hydroxylation is 1. The monoisotopic (exact) mass is 593 g/mol. The quantitative estimate of drug-likeness (QED) is 0.314. The van der Waals surface area contributed by atoms with Crippen LogP contribution in [0.15, 0.2) is 72.8 Å². The number of fused-ring (bicyclic) bond motifs is 1. The molecule has 0 aromatic heterocycles. The Labute approximate surface area is 248 Å². The van der Waals surface area contributed by atoms with Crippen LogP contribution in [0.4, 0.5) is 5.69 Å². The summed E-state index contributed by atoms with van der Waals surface area (Å²) in [5.74, 6) is 0.571. The second-order valence-electron chi connectivity index (χ2n) is 10.9. The minimum Gasteiger partial charge on any atom is -0.454 e. The Kier molecular flexibility index (Phi) is 10.1. The van der Waals surface area contributed by atoms with Gasteiger partial charge in [0.15, 0.2) is 11.5 Å². The van der Waals surface area contributed by atoms with Crippen molar-refractivity contribution in [1.82, 2.24) is 10.2 Å². The molecule has 0 bridgehead atoms. The molecule has 42 heavy (non-hydrogen) atoms. The molecule has 1 aliphatic heterocycles. The minimum atomic E-state index is -3.64. The number of hydrogen-bond acceptors (Lipinski definition) is 6. The van der Waals surface area contributed by atoms with Gasteiger partial charge in [-0.2, -0.15) is 0 Å². The van der Waals surface area contributed by atoms with Crippen molar-refractivity contribution >= 4 is 27.5 Å². The van der Waals surface area contributed by atoms with Crippen LogP contribution in [-0.4, -0.2) is 56.8 Å². The highest BCUT2D eigenvalue weighted by Crippen LogP contribution is 2.36. The highest BCUT2D eigenvalue weighted by molar-refractivity contribution is 7.92. The first-order chi connectivity index (χ1) is 20.0. The van der Waals surface area contributed by atoms with Gasteiger partial charge in [0.1, 0.15) is 6.04 Å². The third-order valence-corrected chi connectivity index (χ3v) is 8.17. The summed E-state index contributed by atoms with van der Waals surface area (Å²) in [6.07, 6.45) is 1.80. The van der Waals surface area contributed by atoms with E-state index in [-0.39, 0.29) is 50.6 Å². The van der Waals surface area contributed by atoms with Crippen LogP contribution in [-0.2, 0) is 32.6 Å². The number of ether oxygens (including phenoxy) is 2. The van der Waals surface area contributed by atoms with E-state index in [4.69, 9.17) is 9.47 Å². The van der Waals surface area contributed by atoms with Crippen molar-refractivity contribution in [3.63, 3.8) is 0 Å². The fraction of sp³-hybridized carbons (Fsp3) is 0.375. The second-order valence-corrected chi connectivity index (χ2v) is 12.8. The number of rotatable bonds is 13. The Morgan fingerprint density at radius 2 is 1.62 bits per heavy atom. The summed E-state index contributed by atoms with van der Waals surface area (Å²) in [5, 5.41) is 2.99. The fourth-order valence-electron chi connectivity index (χ4n) is 4.87. The Hall–Kier alpha value is -4.05. The van der Waals surface area contributed by atoms with Crippen LogP contribution in [0, 0.1) is 6.92 Å². The smallest absolute Gasteiger partial charge is 0.243 e. The number of anilines is 1. The SMILES string of the molecule is Cc1ccc(CN(C(=O)CCCN(c2ccc3c(c2)OCO3)S(C)(=O)=O)C(Cc2ccccc2)C(=O)NC(C)C)cc1. The third kappa shape index (κ3) is 8.25. The van der Waals surface area contributed by atoms with E-state index in [1.54, 1.807) is 23.1 Å². The van der Waals surface area contributed by atoms with Crippen molar-refractivity contribution in [2.24, 2.45) is 0 Å². The van der Waals surface area contributed by atoms with Crippen LogP contribution in [0.3, 0.4) is 0 Å². The average molecular weight is 594 g/mol. The van der Waals surface area contributed by atoms with E-state index >= 15 is 0 Å². The molecule has 0 fully saturated rings. The van der Waals surface area contributed by atoms with Gasteiger partial charge in [-0.1, -0.05) is 60.2 Å². The van der Waals surface area contributed by atoms with Gasteiger partial charge in [0.25, 0.3) is 0 Å². The van der Waals surface area contributed by atoms with E-state index < -0.39 is 16.1 Å². The summed E-state index contributed by atoms with van der Waals surface area (Å²) in [4.78, 5) is 29.0. The number of nitrogens with one attached hydrogen (secondary N) is 1. The molecule has 0 saturated heterocycles. The molecule has 3 aromatic carbocycles. The molecule has 0 aliphatic carbocycles. The Bertz CT molecular complexity index is 1480. The maximum absolute atomic E-state index is 13.9. The zero-order valence-electron chi connectivity index (χ0n) is 24.6. The van der Waals surface area contributed by atoms with E-state index in [9.17, 15) is 18.0 Å². The Morgan fingerprint density at radius 3 is 2.29 bits per heavy atom. The Balaban J connectivity index is 1.57. The molecule has 1 heterocycles. The molecule has 2 amide bonds. The van der Waals surface area contributed by atoms with Crippen LogP contribution in [0.2, 0.25) is 0 Å². The molecule has 1 N–H and O–H groups in total. The number of amides is 2. The number of nitrogens with zero attached hydrogens (tertiary/aromatic N) is 2.